The van der Waals surface area contributed by atoms with Crippen LogP contribution < -0.4 is 9.62 Å². The number of likely N-dealkylation sites (N-methyl/N-ethyl adjacent to an activating group) is 1. The van der Waals surface area contributed by atoms with Gasteiger partial charge in [-0.1, -0.05) is 96.0 Å². The highest BCUT2D eigenvalue weighted by molar-refractivity contribution is 7.92. The van der Waals surface area contributed by atoms with Crippen molar-refractivity contribution in [1.82, 2.24) is 10.2 Å². The number of nitrogens with one attached hydrogen (secondary N) is 1. The average Bonchev–Trinajstić information content (AvgIpc) is 3.00. The van der Waals surface area contributed by atoms with Crippen LogP contribution in [0.1, 0.15) is 23.6 Å². The summed E-state index contributed by atoms with van der Waals surface area (Å²) in [5.41, 5.74) is 2.30. The van der Waals surface area contributed by atoms with Crippen LogP contribution in [0.2, 0.25) is 10.0 Å². The van der Waals surface area contributed by atoms with E-state index >= 15 is 0 Å². The lowest BCUT2D eigenvalue weighted by molar-refractivity contribution is -0.140. The zero-order valence-electron chi connectivity index (χ0n) is 23.9. The Morgan fingerprint density at radius 1 is 0.814 bits per heavy atom. The SMILES string of the molecule is CCNC(=O)[C@@H](Cc1ccccc1)N(Cc1c(Cl)cccc1Cl)C(=O)CN(c1ccccc1C)S(=O)(=O)c1ccccc1. The van der Waals surface area contributed by atoms with Gasteiger partial charge in [-0.25, -0.2) is 8.42 Å². The minimum atomic E-state index is -4.18. The Morgan fingerprint density at radius 3 is 2.00 bits per heavy atom. The molecule has 0 heterocycles. The largest absolute Gasteiger partial charge is 0.355 e. The molecule has 2 amide bonds. The first-order valence-electron chi connectivity index (χ1n) is 13.8. The highest BCUT2D eigenvalue weighted by Gasteiger charge is 2.35. The number of halogens is 2. The van der Waals surface area contributed by atoms with E-state index in [-0.39, 0.29) is 23.8 Å². The van der Waals surface area contributed by atoms with Gasteiger partial charge in [-0.15, -0.1) is 0 Å². The number of amides is 2. The van der Waals surface area contributed by atoms with Crippen molar-refractivity contribution >= 4 is 50.7 Å². The zero-order chi connectivity index (χ0) is 31.0. The Bertz CT molecular complexity index is 1650. The number of anilines is 1. The van der Waals surface area contributed by atoms with Gasteiger partial charge in [0.25, 0.3) is 10.0 Å². The van der Waals surface area contributed by atoms with E-state index < -0.39 is 28.5 Å². The molecule has 0 aliphatic carbocycles. The van der Waals surface area contributed by atoms with Crippen molar-refractivity contribution in [3.8, 4) is 0 Å². The first-order chi connectivity index (χ1) is 20.6. The first kappa shape index (κ1) is 32.1. The summed E-state index contributed by atoms with van der Waals surface area (Å²) in [4.78, 5) is 29.4. The molecule has 0 spiro atoms. The van der Waals surface area contributed by atoms with Gasteiger partial charge in [0.15, 0.2) is 0 Å². The monoisotopic (exact) mass is 637 g/mol. The fourth-order valence-corrected chi connectivity index (χ4v) is 6.79. The molecule has 0 radical (unpaired) electrons. The quantitative estimate of drug-likeness (QED) is 0.198. The lowest BCUT2D eigenvalue weighted by Gasteiger charge is -2.34. The van der Waals surface area contributed by atoms with Crippen LogP contribution in [-0.2, 0) is 32.6 Å². The average molecular weight is 639 g/mol. The molecule has 224 valence electrons. The predicted octanol–water partition coefficient (Wildman–Crippen LogP) is 6.27. The summed E-state index contributed by atoms with van der Waals surface area (Å²) in [7, 11) is -4.18. The van der Waals surface area contributed by atoms with E-state index in [9.17, 15) is 18.0 Å². The second kappa shape index (κ2) is 14.6. The number of benzene rings is 4. The van der Waals surface area contributed by atoms with Crippen molar-refractivity contribution in [2.75, 3.05) is 17.4 Å². The molecule has 4 aromatic carbocycles. The fraction of sp³-hybridized carbons (Fsp3) is 0.212. The fourth-order valence-electron chi connectivity index (χ4n) is 4.78. The number of para-hydroxylation sites is 1. The molecule has 1 N–H and O–H groups in total. The maximum atomic E-state index is 14.4. The Hall–Kier alpha value is -3.85. The van der Waals surface area contributed by atoms with Gasteiger partial charge in [0.05, 0.1) is 10.6 Å². The van der Waals surface area contributed by atoms with Gasteiger partial charge in [-0.2, -0.15) is 0 Å². The second-order valence-corrected chi connectivity index (χ2v) is 12.6. The van der Waals surface area contributed by atoms with Crippen molar-refractivity contribution in [1.29, 1.82) is 0 Å². The molecule has 0 unspecified atom stereocenters. The van der Waals surface area contributed by atoms with E-state index in [1.807, 2.05) is 30.3 Å². The number of rotatable bonds is 12. The van der Waals surface area contributed by atoms with Gasteiger partial charge in [0.1, 0.15) is 12.6 Å². The predicted molar refractivity (Wildman–Crippen MR) is 172 cm³/mol. The van der Waals surface area contributed by atoms with Gasteiger partial charge in [0.2, 0.25) is 11.8 Å². The molecular weight excluding hydrogens is 605 g/mol. The maximum absolute atomic E-state index is 14.4. The van der Waals surface area contributed by atoms with Crippen molar-refractivity contribution < 1.29 is 18.0 Å². The van der Waals surface area contributed by atoms with E-state index in [4.69, 9.17) is 23.2 Å². The molecule has 0 aliphatic rings. The summed E-state index contributed by atoms with van der Waals surface area (Å²) in [6, 6.07) is 28.2. The topological polar surface area (TPSA) is 86.8 Å². The van der Waals surface area contributed by atoms with Crippen molar-refractivity contribution in [3.63, 3.8) is 0 Å². The lowest BCUT2D eigenvalue weighted by atomic mass is 10.0. The van der Waals surface area contributed by atoms with Crippen LogP contribution in [0.3, 0.4) is 0 Å². The van der Waals surface area contributed by atoms with Gasteiger partial charge in [-0.05, 0) is 55.3 Å². The van der Waals surface area contributed by atoms with Crippen molar-refractivity contribution in [2.45, 2.75) is 37.8 Å². The highest BCUT2D eigenvalue weighted by Crippen LogP contribution is 2.30. The Kier molecular flexibility index (Phi) is 10.9. The smallest absolute Gasteiger partial charge is 0.264 e. The summed E-state index contributed by atoms with van der Waals surface area (Å²) in [5, 5.41) is 3.49. The number of aryl methyl sites for hydroxylation is 1. The summed E-state index contributed by atoms with van der Waals surface area (Å²) in [6.45, 7) is 3.24. The third-order valence-corrected chi connectivity index (χ3v) is 9.49. The third kappa shape index (κ3) is 7.76. The molecule has 1 atom stereocenters. The van der Waals surface area contributed by atoms with Gasteiger partial charge in [0, 0.05) is 35.1 Å². The summed E-state index contributed by atoms with van der Waals surface area (Å²) < 4.78 is 29.2. The summed E-state index contributed by atoms with van der Waals surface area (Å²) in [6.07, 6.45) is 0.191. The molecule has 0 fully saturated rings. The van der Waals surface area contributed by atoms with Gasteiger partial charge in [-0.3, -0.25) is 13.9 Å². The molecule has 0 aliphatic heterocycles. The molecule has 0 bridgehead atoms. The van der Waals surface area contributed by atoms with Crippen LogP contribution in [0, 0.1) is 6.92 Å². The number of carbonyl (C=O) groups excluding carboxylic acids is 2. The molecule has 10 heteroatoms. The number of nitrogens with zero attached hydrogens (tertiary/aromatic N) is 2. The molecule has 0 saturated carbocycles. The number of sulfonamides is 1. The van der Waals surface area contributed by atoms with E-state index in [1.165, 1.54) is 17.0 Å². The summed E-state index contributed by atoms with van der Waals surface area (Å²) >= 11 is 13.1. The highest BCUT2D eigenvalue weighted by atomic mass is 35.5. The standard InChI is InChI=1S/C33H33Cl2N3O4S/c1-3-36-33(40)31(21-25-14-6-4-7-15-25)37(22-27-28(34)18-12-19-29(27)35)32(39)23-38(30-20-11-10-13-24(30)2)43(41,42)26-16-8-5-9-17-26/h4-20,31H,3,21-23H2,1-2H3,(H,36,40)/t31-/m1/s1. The van der Waals surface area contributed by atoms with Crippen molar-refractivity contribution in [2.24, 2.45) is 0 Å². The zero-order valence-corrected chi connectivity index (χ0v) is 26.2. The molecule has 0 aromatic heterocycles. The Labute approximate surface area is 263 Å². The number of hydrogen-bond acceptors (Lipinski definition) is 4. The molecule has 7 nitrogen and oxygen atoms in total. The van der Waals surface area contributed by atoms with Crippen LogP contribution in [-0.4, -0.2) is 44.3 Å². The minimum absolute atomic E-state index is 0.0383. The molecule has 0 saturated heterocycles. The van der Waals surface area contributed by atoms with E-state index in [1.54, 1.807) is 74.5 Å². The Balaban J connectivity index is 1.83. The maximum Gasteiger partial charge on any atom is 0.264 e. The van der Waals surface area contributed by atoms with Crippen LogP contribution in [0.25, 0.3) is 0 Å². The lowest BCUT2D eigenvalue weighted by Crippen LogP contribution is -2.53. The van der Waals surface area contributed by atoms with Gasteiger partial charge >= 0.3 is 0 Å². The normalized spacial score (nSPS) is 11.9. The van der Waals surface area contributed by atoms with E-state index in [0.717, 1.165) is 9.87 Å². The molecule has 4 rings (SSSR count). The molecular formula is C33H33Cl2N3O4S. The molecule has 4 aromatic rings. The van der Waals surface area contributed by atoms with Crippen LogP contribution in [0.4, 0.5) is 5.69 Å². The molecule has 43 heavy (non-hydrogen) atoms. The summed E-state index contributed by atoms with van der Waals surface area (Å²) in [5.74, 6) is -0.970. The van der Waals surface area contributed by atoms with Crippen LogP contribution >= 0.6 is 23.2 Å². The number of carbonyl (C=O) groups is 2. The Morgan fingerprint density at radius 2 is 1.40 bits per heavy atom. The van der Waals surface area contributed by atoms with Gasteiger partial charge < -0.3 is 10.2 Å². The van der Waals surface area contributed by atoms with Crippen LogP contribution in [0.15, 0.2) is 108 Å². The van der Waals surface area contributed by atoms with E-state index in [0.29, 0.717) is 33.4 Å². The number of hydrogen-bond donors (Lipinski definition) is 1. The van der Waals surface area contributed by atoms with E-state index in [2.05, 4.69) is 5.32 Å². The van der Waals surface area contributed by atoms with Crippen molar-refractivity contribution in [3.05, 3.63) is 130 Å². The third-order valence-electron chi connectivity index (χ3n) is 7.01. The van der Waals surface area contributed by atoms with Crippen LogP contribution in [0.5, 0.6) is 0 Å². The minimum Gasteiger partial charge on any atom is -0.355 e. The first-order valence-corrected chi connectivity index (χ1v) is 16.0. The second-order valence-electron chi connectivity index (χ2n) is 9.93.